The van der Waals surface area contributed by atoms with Crippen molar-refractivity contribution in [2.45, 2.75) is 57.9 Å². The summed E-state index contributed by atoms with van der Waals surface area (Å²) in [7, 11) is 2.13. The molecular weight excluding hydrogens is 170 g/mol. The highest BCUT2D eigenvalue weighted by Gasteiger charge is 2.36. The van der Waals surface area contributed by atoms with Crippen molar-refractivity contribution in [1.82, 2.24) is 5.32 Å². The molecule has 1 saturated carbocycles. The third-order valence-electron chi connectivity index (χ3n) is 4.11. The van der Waals surface area contributed by atoms with Crippen LogP contribution in [-0.2, 0) is 0 Å². The van der Waals surface area contributed by atoms with Gasteiger partial charge >= 0.3 is 0 Å². The van der Waals surface area contributed by atoms with Gasteiger partial charge in [0.25, 0.3) is 0 Å². The van der Waals surface area contributed by atoms with Crippen LogP contribution in [0.15, 0.2) is 12.2 Å². The molecule has 0 spiro atoms. The highest BCUT2D eigenvalue weighted by Crippen LogP contribution is 2.38. The van der Waals surface area contributed by atoms with Gasteiger partial charge < -0.3 is 5.32 Å². The molecule has 1 rings (SSSR count). The Balaban J connectivity index is 2.70. The molecule has 0 radical (unpaired) electrons. The van der Waals surface area contributed by atoms with Crippen molar-refractivity contribution in [1.29, 1.82) is 0 Å². The molecule has 82 valence electrons. The Morgan fingerprint density at radius 2 is 1.79 bits per heavy atom. The van der Waals surface area contributed by atoms with E-state index in [-0.39, 0.29) is 0 Å². The van der Waals surface area contributed by atoms with Gasteiger partial charge in [0, 0.05) is 5.54 Å². The van der Waals surface area contributed by atoms with Crippen LogP contribution in [0.3, 0.4) is 0 Å². The number of nitrogens with one attached hydrogen (secondary N) is 1. The quantitative estimate of drug-likeness (QED) is 0.677. The smallest absolute Gasteiger partial charge is 0.0212 e. The van der Waals surface area contributed by atoms with Crippen molar-refractivity contribution in [3.05, 3.63) is 12.2 Å². The second-order valence-electron chi connectivity index (χ2n) is 4.67. The van der Waals surface area contributed by atoms with E-state index in [2.05, 4.69) is 32.8 Å². The van der Waals surface area contributed by atoms with Gasteiger partial charge in [-0.1, -0.05) is 38.8 Å². The lowest BCUT2D eigenvalue weighted by molar-refractivity contribution is 0.164. The zero-order valence-electron chi connectivity index (χ0n) is 10.0. The van der Waals surface area contributed by atoms with Crippen molar-refractivity contribution in [2.75, 3.05) is 7.05 Å². The number of allylic oxidation sites excluding steroid dienone is 1. The largest absolute Gasteiger partial charge is 0.314 e. The van der Waals surface area contributed by atoms with Gasteiger partial charge in [-0.2, -0.15) is 0 Å². The molecule has 1 N–H and O–H groups in total. The van der Waals surface area contributed by atoms with Gasteiger partial charge in [0.05, 0.1) is 0 Å². The molecule has 0 aromatic carbocycles. The average molecular weight is 195 g/mol. The predicted octanol–water partition coefficient (Wildman–Crippen LogP) is 3.51. The van der Waals surface area contributed by atoms with Crippen molar-refractivity contribution >= 4 is 0 Å². The van der Waals surface area contributed by atoms with Crippen molar-refractivity contribution in [2.24, 2.45) is 5.92 Å². The van der Waals surface area contributed by atoms with Crippen LogP contribution in [0.5, 0.6) is 0 Å². The Kier molecular flexibility index (Phi) is 4.18. The molecule has 14 heavy (non-hydrogen) atoms. The minimum atomic E-state index is 0.407. The molecule has 0 unspecified atom stereocenters. The minimum Gasteiger partial charge on any atom is -0.314 e. The van der Waals surface area contributed by atoms with E-state index in [1.54, 1.807) is 0 Å². The lowest BCUT2D eigenvalue weighted by Crippen LogP contribution is -2.50. The summed E-state index contributed by atoms with van der Waals surface area (Å²) in [4.78, 5) is 0. The normalized spacial score (nSPS) is 21.6. The summed E-state index contributed by atoms with van der Waals surface area (Å²) >= 11 is 0. The van der Waals surface area contributed by atoms with E-state index in [1.807, 2.05) is 0 Å². The second kappa shape index (κ2) is 4.97. The molecule has 0 aromatic heterocycles. The first-order chi connectivity index (χ1) is 6.68. The summed E-state index contributed by atoms with van der Waals surface area (Å²) in [6.07, 6.45) is 7.60. The van der Waals surface area contributed by atoms with Crippen LogP contribution in [0.1, 0.15) is 52.4 Å². The Labute approximate surface area is 89.0 Å². The summed E-state index contributed by atoms with van der Waals surface area (Å²) in [6.45, 7) is 8.73. The molecule has 1 heteroatoms. The Morgan fingerprint density at radius 1 is 1.29 bits per heavy atom. The summed E-state index contributed by atoms with van der Waals surface area (Å²) < 4.78 is 0. The number of rotatable bonds is 4. The standard InChI is InChI=1S/C13H25N/c1-5-12(6-2)13(14-4)9-7-11(3)8-10-13/h12,14H,3,5-10H2,1-2,4H3. The van der Waals surface area contributed by atoms with E-state index in [0.29, 0.717) is 5.54 Å². The molecule has 1 fully saturated rings. The number of hydrogen-bond acceptors (Lipinski definition) is 1. The van der Waals surface area contributed by atoms with Crippen LogP contribution in [0.2, 0.25) is 0 Å². The van der Waals surface area contributed by atoms with Gasteiger partial charge in [0.1, 0.15) is 0 Å². The van der Waals surface area contributed by atoms with E-state index < -0.39 is 0 Å². The first-order valence-corrected chi connectivity index (χ1v) is 6.04. The molecule has 1 aliphatic carbocycles. The zero-order valence-corrected chi connectivity index (χ0v) is 10.0. The van der Waals surface area contributed by atoms with Gasteiger partial charge in [0.2, 0.25) is 0 Å². The SMILES string of the molecule is C=C1CCC(NC)(C(CC)CC)CC1. The summed E-state index contributed by atoms with van der Waals surface area (Å²) in [5, 5.41) is 3.60. The fraction of sp³-hybridized carbons (Fsp3) is 0.846. The minimum absolute atomic E-state index is 0.407. The first kappa shape index (κ1) is 11.8. The molecule has 0 aliphatic heterocycles. The Hall–Kier alpha value is -0.300. The van der Waals surface area contributed by atoms with E-state index in [9.17, 15) is 0 Å². The van der Waals surface area contributed by atoms with Gasteiger partial charge in [-0.25, -0.2) is 0 Å². The molecule has 0 aromatic rings. The molecular formula is C13H25N. The molecule has 1 nitrogen and oxygen atoms in total. The second-order valence-corrected chi connectivity index (χ2v) is 4.67. The number of hydrogen-bond donors (Lipinski definition) is 1. The van der Waals surface area contributed by atoms with Gasteiger partial charge in [-0.15, -0.1) is 0 Å². The monoisotopic (exact) mass is 195 g/mol. The van der Waals surface area contributed by atoms with Gasteiger partial charge in [-0.3, -0.25) is 0 Å². The van der Waals surface area contributed by atoms with Crippen LogP contribution in [-0.4, -0.2) is 12.6 Å². The summed E-state index contributed by atoms with van der Waals surface area (Å²) in [5.41, 5.74) is 1.85. The molecule has 0 bridgehead atoms. The van der Waals surface area contributed by atoms with E-state index in [4.69, 9.17) is 0 Å². The van der Waals surface area contributed by atoms with E-state index in [1.165, 1.54) is 44.1 Å². The maximum atomic E-state index is 4.10. The fourth-order valence-electron chi connectivity index (χ4n) is 2.98. The fourth-order valence-corrected chi connectivity index (χ4v) is 2.98. The maximum Gasteiger partial charge on any atom is 0.0212 e. The highest BCUT2D eigenvalue weighted by atomic mass is 15.0. The van der Waals surface area contributed by atoms with Crippen LogP contribution in [0, 0.1) is 5.92 Å². The molecule has 0 saturated heterocycles. The van der Waals surface area contributed by atoms with Gasteiger partial charge in [-0.05, 0) is 38.6 Å². The molecule has 0 heterocycles. The summed E-state index contributed by atoms with van der Waals surface area (Å²) in [5.74, 6) is 0.834. The van der Waals surface area contributed by atoms with Crippen LogP contribution in [0.4, 0.5) is 0 Å². The lowest BCUT2D eigenvalue weighted by atomic mass is 9.70. The predicted molar refractivity (Wildman–Crippen MR) is 63.5 cm³/mol. The van der Waals surface area contributed by atoms with E-state index in [0.717, 1.165) is 5.92 Å². The highest BCUT2D eigenvalue weighted by molar-refractivity contribution is 5.07. The van der Waals surface area contributed by atoms with E-state index >= 15 is 0 Å². The molecule has 0 amide bonds. The zero-order chi connectivity index (χ0) is 10.6. The lowest BCUT2D eigenvalue weighted by Gasteiger charge is -2.44. The Bertz CT molecular complexity index is 181. The van der Waals surface area contributed by atoms with Crippen LogP contribution in [0.25, 0.3) is 0 Å². The maximum absolute atomic E-state index is 4.10. The molecule has 0 atom stereocenters. The van der Waals surface area contributed by atoms with Crippen LogP contribution >= 0.6 is 0 Å². The third-order valence-corrected chi connectivity index (χ3v) is 4.11. The van der Waals surface area contributed by atoms with Gasteiger partial charge in [0.15, 0.2) is 0 Å². The van der Waals surface area contributed by atoms with Crippen molar-refractivity contribution < 1.29 is 0 Å². The Morgan fingerprint density at radius 3 is 2.14 bits per heavy atom. The average Bonchev–Trinajstić information content (AvgIpc) is 2.23. The topological polar surface area (TPSA) is 12.0 Å². The van der Waals surface area contributed by atoms with Crippen LogP contribution < -0.4 is 5.32 Å². The summed E-state index contributed by atoms with van der Waals surface area (Å²) in [6, 6.07) is 0. The van der Waals surface area contributed by atoms with Crippen molar-refractivity contribution in [3.63, 3.8) is 0 Å². The first-order valence-electron chi connectivity index (χ1n) is 6.04. The van der Waals surface area contributed by atoms with Crippen molar-refractivity contribution in [3.8, 4) is 0 Å². The molecule has 1 aliphatic rings. The third kappa shape index (κ3) is 2.20.